The summed E-state index contributed by atoms with van der Waals surface area (Å²) in [6.45, 7) is 1.86. The lowest BCUT2D eigenvalue weighted by Crippen LogP contribution is -2.13. The first kappa shape index (κ1) is 24.4. The Morgan fingerprint density at radius 2 is 1.91 bits per heavy atom. The van der Waals surface area contributed by atoms with Gasteiger partial charge in [-0.15, -0.1) is 0 Å². The molecule has 0 amide bonds. The van der Waals surface area contributed by atoms with Crippen molar-refractivity contribution in [2.45, 2.75) is 31.1 Å². The molecule has 5 nitrogen and oxygen atoms in total. The highest BCUT2D eigenvalue weighted by molar-refractivity contribution is 7.45. The number of rotatable bonds is 10. The van der Waals surface area contributed by atoms with Crippen LogP contribution in [0.2, 0.25) is 0 Å². The van der Waals surface area contributed by atoms with E-state index in [9.17, 15) is 10.00 Å². The fraction of sp³-hybridized carbons (Fsp3) is 0.333. The Morgan fingerprint density at radius 3 is 2.60 bits per heavy atom. The van der Waals surface area contributed by atoms with Gasteiger partial charge in [0, 0.05) is 30.2 Å². The molecular formula is C27H28FN2O3PS. The first-order chi connectivity index (χ1) is 17.0. The fourth-order valence-electron chi connectivity index (χ4n) is 4.47. The highest BCUT2D eigenvalue weighted by Gasteiger charge is 2.47. The summed E-state index contributed by atoms with van der Waals surface area (Å²) in [5, 5.41) is 10.2. The van der Waals surface area contributed by atoms with Gasteiger partial charge in [-0.25, -0.2) is 14.4 Å². The van der Waals surface area contributed by atoms with Crippen molar-refractivity contribution in [3.8, 4) is 10.6 Å². The summed E-state index contributed by atoms with van der Waals surface area (Å²) in [6.07, 6.45) is 3.43. The molecule has 0 radical (unpaired) electrons. The number of nitrogens with zero attached hydrogens (tertiary/aromatic N) is 2. The number of halogens is 1. The van der Waals surface area contributed by atoms with Crippen molar-refractivity contribution < 1.29 is 18.9 Å². The van der Waals surface area contributed by atoms with Crippen molar-refractivity contribution in [3.63, 3.8) is 0 Å². The SMILES string of the molecule is CP(O)OCC(CO)CCc1ccc(-c2nc3ccc(C4(c5ccccc5)CC4)nc3s2)c(F)c1. The van der Waals surface area contributed by atoms with Crippen LogP contribution in [0.1, 0.15) is 36.1 Å². The largest absolute Gasteiger partial charge is 0.396 e. The number of fused-ring (bicyclic) bond motifs is 1. The van der Waals surface area contributed by atoms with Crippen LogP contribution in [0.4, 0.5) is 4.39 Å². The lowest BCUT2D eigenvalue weighted by atomic mass is 9.92. The zero-order chi connectivity index (χ0) is 24.4. The van der Waals surface area contributed by atoms with Crippen LogP contribution in [0, 0.1) is 11.7 Å². The Labute approximate surface area is 209 Å². The zero-order valence-electron chi connectivity index (χ0n) is 19.5. The van der Waals surface area contributed by atoms with E-state index in [1.807, 2.05) is 18.2 Å². The molecule has 0 aliphatic heterocycles. The fourth-order valence-corrected chi connectivity index (χ4v) is 5.86. The Bertz CT molecular complexity index is 1310. The van der Waals surface area contributed by atoms with Crippen molar-refractivity contribution in [2.24, 2.45) is 5.92 Å². The molecule has 182 valence electrons. The molecule has 1 fully saturated rings. The van der Waals surface area contributed by atoms with Gasteiger partial charge in [-0.2, -0.15) is 0 Å². The third kappa shape index (κ3) is 5.30. The van der Waals surface area contributed by atoms with E-state index < -0.39 is 8.38 Å². The zero-order valence-corrected chi connectivity index (χ0v) is 21.2. The molecule has 4 aromatic rings. The number of hydrogen-bond donors (Lipinski definition) is 2. The van der Waals surface area contributed by atoms with Gasteiger partial charge in [0.05, 0.1) is 12.3 Å². The Balaban J connectivity index is 1.33. The molecule has 8 heteroatoms. The number of aryl methyl sites for hydroxylation is 1. The van der Waals surface area contributed by atoms with Crippen LogP contribution in [0.15, 0.2) is 60.7 Å². The van der Waals surface area contributed by atoms with Gasteiger partial charge in [-0.1, -0.05) is 47.7 Å². The van der Waals surface area contributed by atoms with Gasteiger partial charge >= 0.3 is 0 Å². The second-order valence-corrected chi connectivity index (χ2v) is 11.3. The van der Waals surface area contributed by atoms with E-state index in [0.29, 0.717) is 30.0 Å². The molecule has 1 aliphatic rings. The van der Waals surface area contributed by atoms with Crippen LogP contribution in [0.5, 0.6) is 0 Å². The van der Waals surface area contributed by atoms with Gasteiger partial charge in [0.15, 0.2) is 8.38 Å². The summed E-state index contributed by atoms with van der Waals surface area (Å²) in [7, 11) is -1.45. The number of aliphatic hydroxyl groups excluding tert-OH is 1. The molecule has 1 saturated carbocycles. The van der Waals surface area contributed by atoms with E-state index in [1.54, 1.807) is 18.8 Å². The molecule has 2 aromatic heterocycles. The van der Waals surface area contributed by atoms with E-state index >= 15 is 4.39 Å². The molecule has 0 saturated heterocycles. The predicted octanol–water partition coefficient (Wildman–Crippen LogP) is 6.07. The number of aliphatic hydroxyl groups is 1. The van der Waals surface area contributed by atoms with E-state index in [4.69, 9.17) is 9.51 Å². The summed E-state index contributed by atoms with van der Waals surface area (Å²) < 4.78 is 20.3. The van der Waals surface area contributed by atoms with Crippen molar-refractivity contribution in [1.82, 2.24) is 9.97 Å². The minimum absolute atomic E-state index is 0.0137. The molecule has 2 unspecified atom stereocenters. The summed E-state index contributed by atoms with van der Waals surface area (Å²) >= 11 is 1.42. The highest BCUT2D eigenvalue weighted by atomic mass is 32.1. The van der Waals surface area contributed by atoms with Gasteiger partial charge in [0.25, 0.3) is 0 Å². The van der Waals surface area contributed by atoms with Crippen molar-refractivity contribution in [3.05, 3.63) is 83.3 Å². The van der Waals surface area contributed by atoms with Gasteiger partial charge in [-0.05, 0) is 61.1 Å². The maximum Gasteiger partial charge on any atom is 0.164 e. The van der Waals surface area contributed by atoms with Crippen LogP contribution in [-0.4, -0.2) is 39.8 Å². The summed E-state index contributed by atoms with van der Waals surface area (Å²) in [4.78, 5) is 19.8. The molecule has 2 N–H and O–H groups in total. The Hall–Kier alpha value is -2.28. The number of thiazole rings is 1. The number of aromatic nitrogens is 2. The average molecular weight is 511 g/mol. The molecule has 5 rings (SSSR count). The molecule has 35 heavy (non-hydrogen) atoms. The van der Waals surface area contributed by atoms with E-state index in [2.05, 4.69) is 35.3 Å². The molecule has 1 aliphatic carbocycles. The maximum atomic E-state index is 15.1. The van der Waals surface area contributed by atoms with Crippen molar-refractivity contribution in [2.75, 3.05) is 19.9 Å². The molecule has 2 aromatic carbocycles. The standard InChI is InChI=1S/C27H28FN2O3PS/c1-34(32)33-17-19(16-31)8-7-18-9-10-21(22(28)15-18)25-29-23-11-12-24(30-26(23)35-25)27(13-14-27)20-5-3-2-4-6-20/h2-6,9-12,15,19,31-32H,7-8,13-14,16-17H2,1H3. The molecular weight excluding hydrogens is 482 g/mol. The normalized spacial score (nSPS) is 16.3. The second kappa shape index (κ2) is 10.4. The quantitative estimate of drug-likeness (QED) is 0.253. The number of pyridine rings is 1. The Kier molecular flexibility index (Phi) is 7.24. The smallest absolute Gasteiger partial charge is 0.164 e. The number of benzene rings is 2. The van der Waals surface area contributed by atoms with Gasteiger partial charge < -0.3 is 14.5 Å². The summed E-state index contributed by atoms with van der Waals surface area (Å²) in [6, 6.07) is 19.8. The molecule has 2 atom stereocenters. The van der Waals surface area contributed by atoms with Crippen molar-refractivity contribution >= 4 is 30.1 Å². The van der Waals surface area contributed by atoms with Gasteiger partial charge in [-0.3, -0.25) is 0 Å². The molecule has 0 spiro atoms. The minimum Gasteiger partial charge on any atom is -0.396 e. The lowest BCUT2D eigenvalue weighted by Gasteiger charge is -2.15. The van der Waals surface area contributed by atoms with Gasteiger partial charge in [0.2, 0.25) is 0 Å². The van der Waals surface area contributed by atoms with Crippen LogP contribution >= 0.6 is 19.7 Å². The second-order valence-electron chi connectivity index (χ2n) is 9.15. The van der Waals surface area contributed by atoms with E-state index in [0.717, 1.165) is 34.4 Å². The molecule has 0 bridgehead atoms. The van der Waals surface area contributed by atoms with Crippen LogP contribution in [0.25, 0.3) is 20.9 Å². The summed E-state index contributed by atoms with van der Waals surface area (Å²) in [5.74, 6) is -0.404. The highest BCUT2D eigenvalue weighted by Crippen LogP contribution is 2.53. The first-order valence-corrected chi connectivity index (χ1v) is 14.2. The van der Waals surface area contributed by atoms with E-state index in [-0.39, 0.29) is 23.8 Å². The minimum atomic E-state index is -1.45. The van der Waals surface area contributed by atoms with Crippen LogP contribution in [0.3, 0.4) is 0 Å². The molecule has 2 heterocycles. The average Bonchev–Trinajstić information content (AvgIpc) is 3.57. The first-order valence-electron chi connectivity index (χ1n) is 11.8. The maximum absolute atomic E-state index is 15.1. The van der Waals surface area contributed by atoms with E-state index in [1.165, 1.54) is 16.9 Å². The predicted molar refractivity (Wildman–Crippen MR) is 139 cm³/mol. The van der Waals surface area contributed by atoms with Crippen molar-refractivity contribution in [1.29, 1.82) is 0 Å². The third-order valence-corrected chi connectivity index (χ3v) is 8.20. The Morgan fingerprint density at radius 1 is 1.11 bits per heavy atom. The topological polar surface area (TPSA) is 75.5 Å². The van der Waals surface area contributed by atoms with Crippen LogP contribution < -0.4 is 0 Å². The lowest BCUT2D eigenvalue weighted by molar-refractivity contribution is 0.157. The summed E-state index contributed by atoms with van der Waals surface area (Å²) in [5.41, 5.74) is 4.45. The monoisotopic (exact) mass is 510 g/mol. The third-order valence-electron chi connectivity index (χ3n) is 6.68. The number of hydrogen-bond acceptors (Lipinski definition) is 6. The van der Waals surface area contributed by atoms with Crippen LogP contribution in [-0.2, 0) is 16.4 Å². The van der Waals surface area contributed by atoms with Gasteiger partial charge in [0.1, 0.15) is 21.2 Å².